The second-order valence-corrected chi connectivity index (χ2v) is 6.00. The molecule has 1 fully saturated rings. The van der Waals surface area contributed by atoms with Crippen molar-refractivity contribution >= 4 is 28.2 Å². The van der Waals surface area contributed by atoms with Crippen LogP contribution in [0.15, 0.2) is 6.20 Å². The van der Waals surface area contributed by atoms with E-state index in [0.717, 1.165) is 17.5 Å². The Morgan fingerprint density at radius 1 is 1.33 bits per heavy atom. The number of esters is 1. The highest BCUT2D eigenvalue weighted by molar-refractivity contribution is 7.18. The number of aliphatic hydroxyl groups is 4. The molecule has 5 atom stereocenters. The van der Waals surface area contributed by atoms with E-state index in [-0.39, 0.29) is 16.6 Å². The number of anilines is 1. The van der Waals surface area contributed by atoms with Gasteiger partial charge in [-0.15, -0.1) is 0 Å². The summed E-state index contributed by atoms with van der Waals surface area (Å²) in [7, 11) is 0. The highest BCUT2D eigenvalue weighted by Crippen LogP contribution is 2.25. The molecule has 0 bridgehead atoms. The van der Waals surface area contributed by atoms with Crippen LogP contribution in [0.4, 0.5) is 5.13 Å². The summed E-state index contributed by atoms with van der Waals surface area (Å²) in [6.45, 7) is 1.08. The van der Waals surface area contributed by atoms with Gasteiger partial charge in [-0.05, 0) is 6.92 Å². The third kappa shape index (κ3) is 3.88. The summed E-state index contributed by atoms with van der Waals surface area (Å²) in [5.74, 6) is -1.85. The Bertz CT molecular complexity index is 592. The summed E-state index contributed by atoms with van der Waals surface area (Å²) in [6, 6.07) is 0. The van der Waals surface area contributed by atoms with Crippen LogP contribution in [0.3, 0.4) is 0 Å². The molecule has 134 valence electrons. The zero-order valence-corrected chi connectivity index (χ0v) is 13.5. The number of aromatic nitrogens is 1. The van der Waals surface area contributed by atoms with Gasteiger partial charge in [0.25, 0.3) is 5.78 Å². The molecule has 1 aromatic rings. The van der Waals surface area contributed by atoms with Gasteiger partial charge in [0.05, 0.1) is 19.4 Å². The van der Waals surface area contributed by atoms with E-state index in [1.807, 2.05) is 0 Å². The number of Topliss-reactive ketones (excluding diaryl/α,β-unsaturated/α-hetero) is 1. The van der Waals surface area contributed by atoms with Crippen molar-refractivity contribution in [3.8, 4) is 0 Å². The van der Waals surface area contributed by atoms with Crippen molar-refractivity contribution in [3.05, 3.63) is 11.1 Å². The second-order valence-electron chi connectivity index (χ2n) is 4.97. The van der Waals surface area contributed by atoms with E-state index >= 15 is 0 Å². The van der Waals surface area contributed by atoms with Gasteiger partial charge in [-0.3, -0.25) is 4.79 Å². The minimum absolute atomic E-state index is 0.0283. The molecule has 10 nitrogen and oxygen atoms in total. The summed E-state index contributed by atoms with van der Waals surface area (Å²) in [5.41, 5.74) is 0. The first-order chi connectivity index (χ1) is 11.4. The molecular formula is C13H18N2O8S. The quantitative estimate of drug-likeness (QED) is 0.220. The monoisotopic (exact) mass is 362 g/mol. The van der Waals surface area contributed by atoms with Crippen LogP contribution in [0.1, 0.15) is 16.6 Å². The van der Waals surface area contributed by atoms with Gasteiger partial charge in [-0.1, -0.05) is 11.3 Å². The van der Waals surface area contributed by atoms with Crippen LogP contribution in [0.2, 0.25) is 0 Å². The van der Waals surface area contributed by atoms with Gasteiger partial charge >= 0.3 is 5.97 Å². The number of hydrogen-bond acceptors (Lipinski definition) is 11. The highest BCUT2D eigenvalue weighted by atomic mass is 32.1. The average molecular weight is 362 g/mol. The predicted molar refractivity (Wildman–Crippen MR) is 80.5 cm³/mol. The number of ketones is 1. The Hall–Kier alpha value is -1.63. The molecule has 0 saturated carbocycles. The van der Waals surface area contributed by atoms with Crippen molar-refractivity contribution in [2.45, 2.75) is 37.6 Å². The van der Waals surface area contributed by atoms with Crippen molar-refractivity contribution in [2.24, 2.45) is 0 Å². The maximum atomic E-state index is 11.8. The average Bonchev–Trinajstić information content (AvgIpc) is 3.03. The van der Waals surface area contributed by atoms with Gasteiger partial charge in [0.15, 0.2) is 11.4 Å². The van der Waals surface area contributed by atoms with Crippen LogP contribution in [-0.4, -0.2) is 81.0 Å². The SMILES string of the molecule is CCOC(=O)C(=O)c1cnc(NC2OC(CO)C(O)C(O)C2O)s1. The Morgan fingerprint density at radius 3 is 2.67 bits per heavy atom. The van der Waals surface area contributed by atoms with E-state index in [4.69, 9.17) is 9.84 Å². The van der Waals surface area contributed by atoms with Crippen LogP contribution < -0.4 is 5.32 Å². The molecule has 1 aliphatic heterocycles. The molecule has 0 radical (unpaired) electrons. The molecule has 1 aromatic heterocycles. The molecule has 2 heterocycles. The van der Waals surface area contributed by atoms with Crippen LogP contribution in [0.5, 0.6) is 0 Å². The number of carbonyl (C=O) groups is 2. The normalized spacial score (nSPS) is 30.0. The molecule has 0 spiro atoms. The third-order valence-electron chi connectivity index (χ3n) is 3.35. The maximum Gasteiger partial charge on any atom is 0.380 e. The van der Waals surface area contributed by atoms with Crippen molar-refractivity contribution in [1.29, 1.82) is 0 Å². The lowest BCUT2D eigenvalue weighted by Crippen LogP contribution is -2.60. The van der Waals surface area contributed by atoms with Gasteiger partial charge in [-0.25, -0.2) is 9.78 Å². The van der Waals surface area contributed by atoms with Crippen molar-refractivity contribution in [2.75, 3.05) is 18.5 Å². The van der Waals surface area contributed by atoms with E-state index < -0.39 is 49.0 Å². The molecule has 2 rings (SSSR count). The highest BCUT2D eigenvalue weighted by Gasteiger charge is 2.43. The number of thiazole rings is 1. The fraction of sp³-hybridized carbons (Fsp3) is 0.615. The Labute approximate surface area is 140 Å². The van der Waals surface area contributed by atoms with Gasteiger partial charge < -0.3 is 35.2 Å². The third-order valence-corrected chi connectivity index (χ3v) is 4.28. The summed E-state index contributed by atoms with van der Waals surface area (Å²) in [5, 5.41) is 41.2. The minimum atomic E-state index is -1.53. The summed E-state index contributed by atoms with van der Waals surface area (Å²) in [6.07, 6.45) is -5.57. The lowest BCUT2D eigenvalue weighted by Gasteiger charge is -2.40. The predicted octanol–water partition coefficient (Wildman–Crippen LogP) is -1.90. The van der Waals surface area contributed by atoms with Crippen LogP contribution in [-0.2, 0) is 14.3 Å². The molecule has 24 heavy (non-hydrogen) atoms. The van der Waals surface area contributed by atoms with Gasteiger partial charge in [-0.2, -0.15) is 0 Å². The number of carbonyl (C=O) groups excluding carboxylic acids is 2. The van der Waals surface area contributed by atoms with Crippen LogP contribution >= 0.6 is 11.3 Å². The molecule has 0 aromatic carbocycles. The minimum Gasteiger partial charge on any atom is -0.460 e. The topological polar surface area (TPSA) is 158 Å². The standard InChI is InChI=1S/C13H18N2O8S/c1-2-22-12(21)8(18)6-3-14-13(24-6)15-11-10(20)9(19)7(17)5(4-16)23-11/h3,5,7,9-11,16-17,19-20H,2,4H2,1H3,(H,14,15). The summed E-state index contributed by atoms with van der Waals surface area (Å²) >= 11 is 0.831. The Kier molecular flexibility index (Phi) is 6.21. The van der Waals surface area contributed by atoms with Crippen LogP contribution in [0.25, 0.3) is 0 Å². The Balaban J connectivity index is 2.06. The lowest BCUT2D eigenvalue weighted by molar-refractivity contribution is -0.221. The van der Waals surface area contributed by atoms with Crippen LogP contribution in [0, 0.1) is 0 Å². The number of hydrogen-bond donors (Lipinski definition) is 5. The molecule has 1 aliphatic rings. The van der Waals surface area contributed by atoms with E-state index in [1.54, 1.807) is 6.92 Å². The fourth-order valence-corrected chi connectivity index (χ4v) is 2.86. The number of ether oxygens (including phenoxy) is 2. The zero-order chi connectivity index (χ0) is 17.9. The molecule has 1 saturated heterocycles. The van der Waals surface area contributed by atoms with Gasteiger partial charge in [0.2, 0.25) is 0 Å². The van der Waals surface area contributed by atoms with Crippen molar-refractivity contribution in [3.63, 3.8) is 0 Å². The maximum absolute atomic E-state index is 11.8. The smallest absolute Gasteiger partial charge is 0.380 e. The number of nitrogens with one attached hydrogen (secondary N) is 1. The van der Waals surface area contributed by atoms with E-state index in [2.05, 4.69) is 15.0 Å². The number of aliphatic hydroxyl groups excluding tert-OH is 4. The lowest BCUT2D eigenvalue weighted by atomic mass is 9.98. The van der Waals surface area contributed by atoms with E-state index in [9.17, 15) is 24.9 Å². The van der Waals surface area contributed by atoms with E-state index in [0.29, 0.717) is 0 Å². The summed E-state index contributed by atoms with van der Waals surface area (Å²) in [4.78, 5) is 27.1. The van der Waals surface area contributed by atoms with Crippen molar-refractivity contribution < 1.29 is 39.5 Å². The first kappa shape index (κ1) is 18.7. The fourth-order valence-electron chi connectivity index (χ4n) is 2.09. The first-order valence-electron chi connectivity index (χ1n) is 7.13. The Morgan fingerprint density at radius 2 is 2.04 bits per heavy atom. The molecule has 0 amide bonds. The first-order valence-corrected chi connectivity index (χ1v) is 7.95. The van der Waals surface area contributed by atoms with E-state index in [1.165, 1.54) is 0 Å². The van der Waals surface area contributed by atoms with Gasteiger partial charge in [0.1, 0.15) is 29.3 Å². The zero-order valence-electron chi connectivity index (χ0n) is 12.7. The largest absolute Gasteiger partial charge is 0.460 e. The second kappa shape index (κ2) is 7.96. The van der Waals surface area contributed by atoms with Crippen molar-refractivity contribution in [1.82, 2.24) is 4.98 Å². The number of nitrogens with zero attached hydrogens (tertiary/aromatic N) is 1. The van der Waals surface area contributed by atoms with Gasteiger partial charge in [0, 0.05) is 0 Å². The molecule has 0 aliphatic carbocycles. The molecule has 5 unspecified atom stereocenters. The molecular weight excluding hydrogens is 344 g/mol. The molecule has 5 N–H and O–H groups in total. The molecule has 11 heteroatoms. The number of rotatable bonds is 6. The summed E-state index contributed by atoms with van der Waals surface area (Å²) < 4.78 is 9.86.